The zero-order valence-corrected chi connectivity index (χ0v) is 11.2. The van der Waals surface area contributed by atoms with Gasteiger partial charge in [-0.1, -0.05) is 0 Å². The van der Waals surface area contributed by atoms with E-state index in [1.807, 2.05) is 0 Å². The summed E-state index contributed by atoms with van der Waals surface area (Å²) in [4.78, 5) is 31.2. The van der Waals surface area contributed by atoms with Gasteiger partial charge in [0, 0.05) is 13.1 Å². The molecule has 1 saturated heterocycles. The van der Waals surface area contributed by atoms with Crippen LogP contribution in [0.25, 0.3) is 0 Å². The number of nitro groups is 1. The number of aromatic nitrogens is 2. The highest BCUT2D eigenvalue weighted by Gasteiger charge is 2.29. The van der Waals surface area contributed by atoms with Gasteiger partial charge < -0.3 is 21.1 Å². The van der Waals surface area contributed by atoms with Crippen LogP contribution in [-0.2, 0) is 4.79 Å². The molecule has 2 rings (SSSR count). The molecular weight excluding hydrogens is 280 g/mol. The molecule has 0 bridgehead atoms. The van der Waals surface area contributed by atoms with Gasteiger partial charge in [-0.25, -0.2) is 4.98 Å². The molecule has 10 heteroatoms. The first-order valence-corrected chi connectivity index (χ1v) is 6.46. The lowest BCUT2D eigenvalue weighted by Crippen LogP contribution is -2.48. The molecule has 0 radical (unpaired) electrons. The Labute approximate surface area is 120 Å². The largest absolute Gasteiger partial charge is 0.395 e. The summed E-state index contributed by atoms with van der Waals surface area (Å²) >= 11 is 0. The molecule has 1 aromatic heterocycles. The van der Waals surface area contributed by atoms with Gasteiger partial charge in [0.1, 0.15) is 12.2 Å². The molecule has 0 unspecified atom stereocenters. The number of carbonyl (C=O) groups is 1. The number of rotatable bonds is 5. The number of nitrogens with zero attached hydrogens (tertiary/aromatic N) is 4. The zero-order chi connectivity index (χ0) is 15.4. The Bertz CT molecular complexity index is 550. The topological polar surface area (TPSA) is 148 Å². The van der Waals surface area contributed by atoms with E-state index in [9.17, 15) is 14.9 Å². The van der Waals surface area contributed by atoms with Gasteiger partial charge in [0.2, 0.25) is 17.7 Å². The molecule has 10 nitrogen and oxygen atoms in total. The van der Waals surface area contributed by atoms with Crippen molar-refractivity contribution in [3.05, 3.63) is 16.3 Å². The number of nitrogen functional groups attached to an aromatic ring is 1. The first kappa shape index (κ1) is 14.9. The fourth-order valence-corrected chi connectivity index (χ4v) is 2.17. The summed E-state index contributed by atoms with van der Waals surface area (Å²) in [6.07, 6.45) is 2.39. The standard InChI is InChI=1S/C11H16N6O4/c12-9-8(17(20)21)6-13-11(15-9)14-7-2-1-3-16(4-5-18)10(7)19/h6-7,18H,1-5H2,(H3,12,13,14,15)/t7-/m1/s1. The van der Waals surface area contributed by atoms with Crippen molar-refractivity contribution < 1.29 is 14.8 Å². The molecule has 1 atom stereocenters. The Morgan fingerprint density at radius 3 is 3.00 bits per heavy atom. The minimum Gasteiger partial charge on any atom is -0.395 e. The van der Waals surface area contributed by atoms with Crippen LogP contribution < -0.4 is 11.1 Å². The molecule has 0 aromatic carbocycles. The SMILES string of the molecule is Nc1nc(N[C@@H]2CCCN(CCO)C2=O)ncc1[N+](=O)[O-]. The molecule has 0 saturated carbocycles. The van der Waals surface area contributed by atoms with Crippen LogP contribution in [0.1, 0.15) is 12.8 Å². The Hall–Kier alpha value is -2.49. The number of nitrogens with two attached hydrogens (primary N) is 1. The minimum absolute atomic E-state index is 0.0716. The molecule has 4 N–H and O–H groups in total. The van der Waals surface area contributed by atoms with Gasteiger partial charge in [-0.05, 0) is 12.8 Å². The van der Waals surface area contributed by atoms with Crippen LogP contribution in [0.4, 0.5) is 17.5 Å². The van der Waals surface area contributed by atoms with E-state index in [2.05, 4.69) is 15.3 Å². The number of β-amino-alcohol motifs (C(OH)–C–C–N with tert-alkyl or cyclic N) is 1. The van der Waals surface area contributed by atoms with Gasteiger partial charge in [0.05, 0.1) is 11.5 Å². The number of aliphatic hydroxyl groups is 1. The molecule has 1 fully saturated rings. The highest BCUT2D eigenvalue weighted by molar-refractivity contribution is 5.85. The minimum atomic E-state index is -0.673. The number of piperidine rings is 1. The Kier molecular flexibility index (Phi) is 4.48. The average molecular weight is 296 g/mol. The smallest absolute Gasteiger partial charge is 0.329 e. The summed E-state index contributed by atoms with van der Waals surface area (Å²) in [5.74, 6) is -0.342. The molecule has 1 amide bonds. The van der Waals surface area contributed by atoms with E-state index in [-0.39, 0.29) is 36.5 Å². The van der Waals surface area contributed by atoms with Crippen molar-refractivity contribution in [2.45, 2.75) is 18.9 Å². The molecule has 0 aliphatic carbocycles. The van der Waals surface area contributed by atoms with E-state index in [4.69, 9.17) is 10.8 Å². The van der Waals surface area contributed by atoms with Gasteiger partial charge in [-0.15, -0.1) is 0 Å². The lowest BCUT2D eigenvalue weighted by Gasteiger charge is -2.32. The summed E-state index contributed by atoms with van der Waals surface area (Å²) in [5.41, 5.74) is 5.10. The molecule has 0 spiro atoms. The lowest BCUT2D eigenvalue weighted by atomic mass is 10.1. The Balaban J connectivity index is 2.09. The van der Waals surface area contributed by atoms with Gasteiger partial charge >= 0.3 is 5.69 Å². The van der Waals surface area contributed by atoms with Crippen LogP contribution in [0, 0.1) is 10.1 Å². The fraction of sp³-hybridized carbons (Fsp3) is 0.545. The van der Waals surface area contributed by atoms with Crippen molar-refractivity contribution in [1.82, 2.24) is 14.9 Å². The number of amides is 1. The molecule has 114 valence electrons. The van der Waals surface area contributed by atoms with Crippen LogP contribution in [0.5, 0.6) is 0 Å². The Morgan fingerprint density at radius 1 is 1.62 bits per heavy atom. The number of aliphatic hydroxyl groups excluding tert-OH is 1. The number of hydrogen-bond acceptors (Lipinski definition) is 8. The first-order chi connectivity index (χ1) is 10.0. The van der Waals surface area contributed by atoms with Crippen molar-refractivity contribution in [3.8, 4) is 0 Å². The molecule has 2 heterocycles. The van der Waals surface area contributed by atoms with Crippen molar-refractivity contribution in [2.75, 3.05) is 30.7 Å². The van der Waals surface area contributed by atoms with E-state index in [0.29, 0.717) is 13.0 Å². The van der Waals surface area contributed by atoms with Crippen LogP contribution in [0.15, 0.2) is 6.20 Å². The zero-order valence-electron chi connectivity index (χ0n) is 11.2. The lowest BCUT2D eigenvalue weighted by molar-refractivity contribution is -0.384. The normalized spacial score (nSPS) is 18.6. The quantitative estimate of drug-likeness (QED) is 0.480. The summed E-state index contributed by atoms with van der Waals surface area (Å²) in [5, 5.41) is 22.4. The number of carbonyl (C=O) groups excluding carboxylic acids is 1. The summed E-state index contributed by atoms with van der Waals surface area (Å²) in [6.45, 7) is 0.778. The third-order valence-corrected chi connectivity index (χ3v) is 3.20. The predicted molar refractivity (Wildman–Crippen MR) is 73.4 cm³/mol. The van der Waals surface area contributed by atoms with E-state index < -0.39 is 11.0 Å². The second-order valence-corrected chi connectivity index (χ2v) is 4.61. The van der Waals surface area contributed by atoms with E-state index in [1.165, 1.54) is 0 Å². The third kappa shape index (κ3) is 3.34. The van der Waals surface area contributed by atoms with Gasteiger partial charge in [-0.2, -0.15) is 4.98 Å². The number of hydrogen-bond donors (Lipinski definition) is 3. The maximum absolute atomic E-state index is 12.1. The van der Waals surface area contributed by atoms with E-state index in [1.54, 1.807) is 4.90 Å². The maximum Gasteiger partial charge on any atom is 0.329 e. The van der Waals surface area contributed by atoms with Gasteiger partial charge in [-0.3, -0.25) is 14.9 Å². The van der Waals surface area contributed by atoms with Crippen molar-refractivity contribution in [1.29, 1.82) is 0 Å². The second-order valence-electron chi connectivity index (χ2n) is 4.61. The van der Waals surface area contributed by atoms with Crippen molar-refractivity contribution in [2.24, 2.45) is 0 Å². The first-order valence-electron chi connectivity index (χ1n) is 6.46. The Morgan fingerprint density at radius 2 is 2.38 bits per heavy atom. The van der Waals surface area contributed by atoms with Crippen molar-refractivity contribution in [3.63, 3.8) is 0 Å². The monoisotopic (exact) mass is 296 g/mol. The van der Waals surface area contributed by atoms with Crippen molar-refractivity contribution >= 4 is 23.4 Å². The van der Waals surface area contributed by atoms with Crippen LogP contribution >= 0.6 is 0 Å². The van der Waals surface area contributed by atoms with Crippen LogP contribution in [0.2, 0.25) is 0 Å². The number of anilines is 2. The molecular formula is C11H16N6O4. The molecule has 21 heavy (non-hydrogen) atoms. The van der Waals surface area contributed by atoms with E-state index in [0.717, 1.165) is 12.6 Å². The maximum atomic E-state index is 12.1. The third-order valence-electron chi connectivity index (χ3n) is 3.20. The predicted octanol–water partition coefficient (Wildman–Crippen LogP) is -0.638. The second kappa shape index (κ2) is 6.31. The summed E-state index contributed by atoms with van der Waals surface area (Å²) < 4.78 is 0. The van der Waals surface area contributed by atoms with Crippen LogP contribution in [0.3, 0.4) is 0 Å². The summed E-state index contributed by atoms with van der Waals surface area (Å²) in [7, 11) is 0. The highest BCUT2D eigenvalue weighted by atomic mass is 16.6. The molecule has 1 aliphatic heterocycles. The highest BCUT2D eigenvalue weighted by Crippen LogP contribution is 2.20. The molecule has 1 aliphatic rings. The molecule has 1 aromatic rings. The van der Waals surface area contributed by atoms with E-state index >= 15 is 0 Å². The number of likely N-dealkylation sites (tertiary alicyclic amines) is 1. The van der Waals surface area contributed by atoms with Gasteiger partial charge in [0.25, 0.3) is 0 Å². The number of nitrogens with one attached hydrogen (secondary N) is 1. The average Bonchev–Trinajstić information content (AvgIpc) is 2.43. The fourth-order valence-electron chi connectivity index (χ4n) is 2.17. The van der Waals surface area contributed by atoms with Gasteiger partial charge in [0.15, 0.2) is 0 Å². The van der Waals surface area contributed by atoms with Crippen LogP contribution in [-0.4, -0.2) is 56.5 Å². The summed E-state index contributed by atoms with van der Waals surface area (Å²) in [6, 6.07) is -0.522.